The number of anilines is 1. The fourth-order valence-corrected chi connectivity index (χ4v) is 3.55. The Hall–Kier alpha value is -1.01. The Labute approximate surface area is 114 Å². The minimum atomic E-state index is -0.644. The van der Waals surface area contributed by atoms with E-state index in [1.165, 1.54) is 0 Å². The number of hydrogen-bond donors (Lipinski definition) is 2. The van der Waals surface area contributed by atoms with E-state index in [1.807, 2.05) is 0 Å². The van der Waals surface area contributed by atoms with Gasteiger partial charge in [-0.1, -0.05) is 0 Å². The van der Waals surface area contributed by atoms with Crippen LogP contribution in [-0.2, 0) is 11.2 Å². The number of fused-ring (bicyclic) bond motifs is 1. The van der Waals surface area contributed by atoms with Gasteiger partial charge in [0.05, 0.1) is 10.6 Å². The molecule has 1 aromatic rings. The maximum atomic E-state index is 11.6. The summed E-state index contributed by atoms with van der Waals surface area (Å²) >= 11 is 7.60. The number of thioether (sulfide) groups is 1. The summed E-state index contributed by atoms with van der Waals surface area (Å²) in [7, 11) is 0. The molecule has 0 aromatic carbocycles. The van der Waals surface area contributed by atoms with E-state index in [4.69, 9.17) is 17.3 Å². The molecule has 3 rings (SSSR count). The van der Waals surface area contributed by atoms with Crippen LogP contribution in [0, 0.1) is 0 Å². The topological polar surface area (TPSA) is 80.9 Å². The number of halogens is 1. The minimum Gasteiger partial charge on any atom is -0.368 e. The van der Waals surface area contributed by atoms with E-state index in [0.717, 1.165) is 42.0 Å². The fourth-order valence-electron chi connectivity index (χ4n) is 2.31. The molecule has 1 aliphatic heterocycles. The van der Waals surface area contributed by atoms with Gasteiger partial charge in [0.2, 0.25) is 11.2 Å². The molecule has 2 aliphatic rings. The van der Waals surface area contributed by atoms with Crippen LogP contribution in [0.25, 0.3) is 0 Å². The van der Waals surface area contributed by atoms with Crippen LogP contribution < -0.4 is 11.1 Å². The summed E-state index contributed by atoms with van der Waals surface area (Å²) in [6.07, 6.45) is 3.40. The van der Waals surface area contributed by atoms with E-state index >= 15 is 0 Å². The first kappa shape index (κ1) is 12.0. The Kier molecular flexibility index (Phi) is 2.86. The van der Waals surface area contributed by atoms with Gasteiger partial charge < -0.3 is 11.1 Å². The predicted molar refractivity (Wildman–Crippen MR) is 70.9 cm³/mol. The highest BCUT2D eigenvalue weighted by atomic mass is 35.5. The Morgan fingerprint density at radius 2 is 2.22 bits per heavy atom. The Morgan fingerprint density at radius 3 is 2.83 bits per heavy atom. The quantitative estimate of drug-likeness (QED) is 0.824. The molecule has 18 heavy (non-hydrogen) atoms. The van der Waals surface area contributed by atoms with Crippen molar-refractivity contribution in [1.29, 1.82) is 0 Å². The lowest BCUT2D eigenvalue weighted by molar-refractivity contribution is -0.124. The van der Waals surface area contributed by atoms with Gasteiger partial charge in [-0.3, -0.25) is 4.79 Å². The van der Waals surface area contributed by atoms with Crippen LogP contribution >= 0.6 is 23.4 Å². The summed E-state index contributed by atoms with van der Waals surface area (Å²) in [5.41, 5.74) is 5.79. The average molecular weight is 285 g/mol. The molecule has 1 aliphatic carbocycles. The number of hydrogen-bond acceptors (Lipinski definition) is 5. The van der Waals surface area contributed by atoms with Gasteiger partial charge in [0.1, 0.15) is 11.4 Å². The van der Waals surface area contributed by atoms with Crippen LogP contribution in [0.3, 0.4) is 0 Å². The number of nitrogens with one attached hydrogen (secondary N) is 1. The minimum absolute atomic E-state index is 0.220. The first-order chi connectivity index (χ1) is 8.61. The Morgan fingerprint density at radius 1 is 1.44 bits per heavy atom. The van der Waals surface area contributed by atoms with E-state index < -0.39 is 5.54 Å². The van der Waals surface area contributed by atoms with Gasteiger partial charge in [0.25, 0.3) is 0 Å². The molecule has 1 amide bonds. The zero-order valence-electron chi connectivity index (χ0n) is 9.70. The maximum Gasteiger partial charge on any atom is 0.243 e. The number of nitrogens with zero attached hydrogens (tertiary/aromatic N) is 2. The molecule has 1 saturated carbocycles. The third kappa shape index (κ3) is 1.83. The molecule has 0 spiro atoms. The highest BCUT2D eigenvalue weighted by Gasteiger charge is 2.43. The first-order valence-electron chi connectivity index (χ1n) is 5.88. The normalized spacial score (nSPS) is 20.1. The number of aromatic nitrogens is 2. The van der Waals surface area contributed by atoms with Gasteiger partial charge in [-0.25, -0.2) is 4.98 Å². The van der Waals surface area contributed by atoms with Gasteiger partial charge in [-0.05, 0) is 30.9 Å². The van der Waals surface area contributed by atoms with Crippen LogP contribution in [0.1, 0.15) is 25.0 Å². The molecule has 7 heteroatoms. The number of primary amides is 1. The van der Waals surface area contributed by atoms with Crippen molar-refractivity contribution >= 4 is 35.1 Å². The van der Waals surface area contributed by atoms with Gasteiger partial charge >= 0.3 is 0 Å². The van der Waals surface area contributed by atoms with Crippen molar-refractivity contribution in [2.75, 3.05) is 11.1 Å². The fraction of sp³-hybridized carbons (Fsp3) is 0.545. The number of carbonyl (C=O) groups is 1. The molecular formula is C11H13ClN4OS. The van der Waals surface area contributed by atoms with Gasteiger partial charge in [-0.15, -0.1) is 11.8 Å². The number of aryl methyl sites for hydroxylation is 1. The standard InChI is InChI=1S/C11H13ClN4OS/c12-10-14-6-2-5-18-7(6)8(15-10)16-11(9(13)17)3-1-4-11/h1-5H2,(H2,13,17)(H,14,15,16). The molecule has 0 bridgehead atoms. The third-order valence-corrected chi connectivity index (χ3v) is 4.83. The van der Waals surface area contributed by atoms with E-state index in [0.29, 0.717) is 5.82 Å². The van der Waals surface area contributed by atoms with Crippen molar-refractivity contribution in [3.05, 3.63) is 11.0 Å². The highest BCUT2D eigenvalue weighted by Crippen LogP contribution is 2.41. The second-order valence-corrected chi connectivity index (χ2v) is 6.08. The average Bonchev–Trinajstić information content (AvgIpc) is 2.70. The molecule has 5 nitrogen and oxygen atoms in total. The highest BCUT2D eigenvalue weighted by molar-refractivity contribution is 7.99. The van der Waals surface area contributed by atoms with Gasteiger partial charge in [0.15, 0.2) is 0 Å². The van der Waals surface area contributed by atoms with E-state index in [2.05, 4.69) is 15.3 Å². The zero-order chi connectivity index (χ0) is 12.8. The predicted octanol–water partition coefficient (Wildman–Crippen LogP) is 1.60. The van der Waals surface area contributed by atoms with E-state index in [1.54, 1.807) is 11.8 Å². The number of amides is 1. The SMILES string of the molecule is NC(=O)C1(Nc2nc(Cl)nc3c2SCC3)CCC1. The van der Waals surface area contributed by atoms with Crippen molar-refractivity contribution < 1.29 is 4.79 Å². The summed E-state index contributed by atoms with van der Waals surface area (Å²) in [4.78, 5) is 21.0. The first-order valence-corrected chi connectivity index (χ1v) is 7.24. The Balaban J connectivity index is 1.95. The number of nitrogens with two attached hydrogens (primary N) is 1. The molecule has 0 unspecified atom stereocenters. The zero-order valence-corrected chi connectivity index (χ0v) is 11.3. The van der Waals surface area contributed by atoms with Crippen molar-refractivity contribution in [3.8, 4) is 0 Å². The van der Waals surface area contributed by atoms with Crippen molar-refractivity contribution in [1.82, 2.24) is 9.97 Å². The summed E-state index contributed by atoms with van der Waals surface area (Å²) in [6, 6.07) is 0. The molecule has 1 aromatic heterocycles. The third-order valence-electron chi connectivity index (χ3n) is 3.53. The second-order valence-electron chi connectivity index (χ2n) is 4.64. The lowest BCUT2D eigenvalue weighted by Crippen LogP contribution is -2.55. The van der Waals surface area contributed by atoms with Gasteiger partial charge in [0, 0.05) is 12.2 Å². The molecular weight excluding hydrogens is 272 g/mol. The monoisotopic (exact) mass is 284 g/mol. The van der Waals surface area contributed by atoms with Crippen molar-refractivity contribution in [2.45, 2.75) is 36.1 Å². The van der Waals surface area contributed by atoms with Gasteiger partial charge in [-0.2, -0.15) is 4.98 Å². The molecule has 3 N–H and O–H groups in total. The second kappa shape index (κ2) is 4.28. The molecule has 2 heterocycles. The molecule has 0 radical (unpaired) electrons. The van der Waals surface area contributed by atoms with Crippen LogP contribution in [0.2, 0.25) is 5.28 Å². The van der Waals surface area contributed by atoms with Crippen molar-refractivity contribution in [3.63, 3.8) is 0 Å². The smallest absolute Gasteiger partial charge is 0.243 e. The lowest BCUT2D eigenvalue weighted by Gasteiger charge is -2.40. The summed E-state index contributed by atoms with van der Waals surface area (Å²) < 4.78 is 0. The summed E-state index contributed by atoms with van der Waals surface area (Å²) in [5, 5.41) is 3.42. The van der Waals surface area contributed by atoms with Crippen LogP contribution in [-0.4, -0.2) is 27.2 Å². The summed E-state index contributed by atoms with van der Waals surface area (Å²) in [6.45, 7) is 0. The molecule has 96 valence electrons. The molecule has 0 atom stereocenters. The van der Waals surface area contributed by atoms with Crippen LogP contribution in [0.5, 0.6) is 0 Å². The van der Waals surface area contributed by atoms with Crippen molar-refractivity contribution in [2.24, 2.45) is 5.73 Å². The molecule has 0 saturated heterocycles. The number of carbonyl (C=O) groups excluding carboxylic acids is 1. The van der Waals surface area contributed by atoms with E-state index in [-0.39, 0.29) is 11.2 Å². The van der Waals surface area contributed by atoms with Crippen LogP contribution in [0.4, 0.5) is 5.82 Å². The van der Waals surface area contributed by atoms with Crippen LogP contribution in [0.15, 0.2) is 4.90 Å². The maximum absolute atomic E-state index is 11.6. The molecule has 1 fully saturated rings. The summed E-state index contributed by atoms with van der Waals surface area (Å²) in [5.74, 6) is 1.31. The lowest BCUT2D eigenvalue weighted by atomic mass is 9.76. The number of rotatable bonds is 3. The van der Waals surface area contributed by atoms with E-state index in [9.17, 15) is 4.79 Å². The largest absolute Gasteiger partial charge is 0.368 e. The Bertz CT molecular complexity index is 518.